The van der Waals surface area contributed by atoms with Gasteiger partial charge < -0.3 is 15.5 Å². The number of hydrogen-bond acceptors (Lipinski definition) is 2. The number of fused-ring (bicyclic) bond motifs is 1. The van der Waals surface area contributed by atoms with Gasteiger partial charge in [-0.25, -0.2) is 4.99 Å². The van der Waals surface area contributed by atoms with Crippen LogP contribution in [0.3, 0.4) is 0 Å². The van der Waals surface area contributed by atoms with Crippen molar-refractivity contribution >= 4 is 16.9 Å². The number of guanidine groups is 1. The highest BCUT2D eigenvalue weighted by molar-refractivity contribution is 5.82. The molecule has 0 unspecified atom stereocenters. The Hall–Kier alpha value is -1.97. The quantitative estimate of drug-likeness (QED) is 0.493. The Bertz CT molecular complexity index is 572. The molecule has 0 aliphatic heterocycles. The van der Waals surface area contributed by atoms with Crippen LogP contribution in [-0.2, 0) is 6.54 Å². The summed E-state index contributed by atoms with van der Waals surface area (Å²) in [6.07, 6.45) is 2.24. The van der Waals surface area contributed by atoms with E-state index in [4.69, 9.17) is 10.2 Å². The molecular weight excluding hydrogens is 238 g/mol. The number of benzene rings is 1. The zero-order valence-corrected chi connectivity index (χ0v) is 11.6. The Morgan fingerprint density at radius 2 is 2.16 bits per heavy atom. The molecule has 3 N–H and O–H groups in total. The summed E-state index contributed by atoms with van der Waals surface area (Å²) in [7, 11) is 0. The lowest BCUT2D eigenvalue weighted by Gasteiger charge is -2.03. The molecule has 1 aromatic heterocycles. The van der Waals surface area contributed by atoms with Crippen LogP contribution < -0.4 is 11.1 Å². The molecule has 0 fully saturated rings. The van der Waals surface area contributed by atoms with Gasteiger partial charge >= 0.3 is 0 Å². The van der Waals surface area contributed by atoms with Crippen molar-refractivity contribution in [3.05, 3.63) is 35.6 Å². The Kier molecular flexibility index (Phi) is 4.44. The van der Waals surface area contributed by atoms with Crippen molar-refractivity contribution in [2.45, 2.75) is 33.2 Å². The maximum Gasteiger partial charge on any atom is 0.189 e. The molecule has 1 aromatic carbocycles. The lowest BCUT2D eigenvalue weighted by atomic mass is 10.1. The topological polar surface area (TPSA) is 63.5 Å². The molecule has 0 bridgehead atoms. The lowest BCUT2D eigenvalue weighted by Crippen LogP contribution is -2.32. The van der Waals surface area contributed by atoms with E-state index in [1.54, 1.807) is 0 Å². The number of nitrogens with two attached hydrogens (primary N) is 1. The fraction of sp³-hybridized carbons (Fsp3) is 0.400. The third-order valence-electron chi connectivity index (χ3n) is 3.17. The summed E-state index contributed by atoms with van der Waals surface area (Å²) in [6.45, 7) is 5.54. The average Bonchev–Trinajstić information content (AvgIpc) is 2.74. The zero-order chi connectivity index (χ0) is 13.7. The Balaban J connectivity index is 2.05. The molecule has 0 aliphatic carbocycles. The van der Waals surface area contributed by atoms with Crippen LogP contribution in [0, 0.1) is 6.92 Å². The van der Waals surface area contributed by atoms with Gasteiger partial charge in [-0.3, -0.25) is 0 Å². The number of unbranched alkanes of at least 4 members (excludes halogenated alkanes) is 1. The van der Waals surface area contributed by atoms with Crippen LogP contribution in [0.25, 0.3) is 11.0 Å². The van der Waals surface area contributed by atoms with Crippen molar-refractivity contribution in [3.63, 3.8) is 0 Å². The molecule has 0 aliphatic rings. The van der Waals surface area contributed by atoms with E-state index in [0.717, 1.165) is 41.7 Å². The maximum atomic E-state index is 5.80. The number of hydrogen-bond donors (Lipinski definition) is 2. The molecule has 0 spiro atoms. The Labute approximate surface area is 113 Å². The van der Waals surface area contributed by atoms with Crippen LogP contribution in [-0.4, -0.2) is 12.5 Å². The molecule has 19 heavy (non-hydrogen) atoms. The molecule has 102 valence electrons. The second-order valence-corrected chi connectivity index (χ2v) is 4.63. The summed E-state index contributed by atoms with van der Waals surface area (Å²) in [5.74, 6) is 1.36. The molecule has 0 amide bonds. The van der Waals surface area contributed by atoms with E-state index in [0.29, 0.717) is 12.5 Å². The standard InChI is InChI=1S/C15H21N3O/c1-3-4-9-17-15(16)18-10-14-11(2)12-7-5-6-8-13(12)19-14/h5-8H,3-4,9-10H2,1-2H3,(H3,16,17,18). The van der Waals surface area contributed by atoms with Gasteiger partial charge in [0.25, 0.3) is 0 Å². The van der Waals surface area contributed by atoms with E-state index < -0.39 is 0 Å². The summed E-state index contributed by atoms with van der Waals surface area (Å²) < 4.78 is 5.78. The molecular formula is C15H21N3O. The van der Waals surface area contributed by atoms with Gasteiger partial charge in [0.2, 0.25) is 0 Å². The lowest BCUT2D eigenvalue weighted by molar-refractivity contribution is 0.548. The van der Waals surface area contributed by atoms with Gasteiger partial charge in [0.1, 0.15) is 17.9 Å². The minimum Gasteiger partial charge on any atom is -0.459 e. The van der Waals surface area contributed by atoms with Gasteiger partial charge in [0.05, 0.1) is 0 Å². The average molecular weight is 259 g/mol. The fourth-order valence-corrected chi connectivity index (χ4v) is 1.98. The van der Waals surface area contributed by atoms with E-state index in [1.165, 1.54) is 0 Å². The highest BCUT2D eigenvalue weighted by Gasteiger charge is 2.08. The van der Waals surface area contributed by atoms with Crippen molar-refractivity contribution in [2.24, 2.45) is 10.7 Å². The van der Waals surface area contributed by atoms with Gasteiger partial charge in [-0.1, -0.05) is 31.5 Å². The second kappa shape index (κ2) is 6.27. The summed E-state index contributed by atoms with van der Waals surface area (Å²) in [5, 5.41) is 4.24. The monoisotopic (exact) mass is 259 g/mol. The number of aryl methyl sites for hydroxylation is 1. The van der Waals surface area contributed by atoms with Gasteiger partial charge in [-0.05, 0) is 19.4 Å². The normalized spacial score (nSPS) is 12.0. The van der Waals surface area contributed by atoms with Gasteiger partial charge in [-0.15, -0.1) is 0 Å². The number of rotatable bonds is 5. The second-order valence-electron chi connectivity index (χ2n) is 4.63. The third kappa shape index (κ3) is 3.28. The zero-order valence-electron chi connectivity index (χ0n) is 11.6. The van der Waals surface area contributed by atoms with Gasteiger partial charge in [-0.2, -0.15) is 0 Å². The number of para-hydroxylation sites is 1. The first-order valence-corrected chi connectivity index (χ1v) is 6.73. The van der Waals surface area contributed by atoms with E-state index in [2.05, 4.69) is 30.2 Å². The predicted octanol–water partition coefficient (Wildman–Crippen LogP) is 2.95. The SMILES string of the molecule is CCCCNC(N)=NCc1oc2ccccc2c1C. The smallest absolute Gasteiger partial charge is 0.189 e. The van der Waals surface area contributed by atoms with Crippen LogP contribution in [0.4, 0.5) is 0 Å². The van der Waals surface area contributed by atoms with Crippen molar-refractivity contribution in [1.29, 1.82) is 0 Å². The predicted molar refractivity (Wildman–Crippen MR) is 79.2 cm³/mol. The first-order chi connectivity index (χ1) is 9.22. The van der Waals surface area contributed by atoms with E-state index in [9.17, 15) is 0 Å². The number of nitrogens with one attached hydrogen (secondary N) is 1. The molecule has 0 saturated carbocycles. The first kappa shape index (κ1) is 13.5. The summed E-state index contributed by atoms with van der Waals surface area (Å²) >= 11 is 0. The first-order valence-electron chi connectivity index (χ1n) is 6.73. The largest absolute Gasteiger partial charge is 0.459 e. The number of furan rings is 1. The summed E-state index contributed by atoms with van der Waals surface area (Å²) in [4.78, 5) is 4.31. The molecule has 4 heteroatoms. The third-order valence-corrected chi connectivity index (χ3v) is 3.17. The molecule has 0 saturated heterocycles. The fourth-order valence-electron chi connectivity index (χ4n) is 1.98. The van der Waals surface area contributed by atoms with E-state index in [1.807, 2.05) is 18.2 Å². The van der Waals surface area contributed by atoms with Crippen LogP contribution in [0.5, 0.6) is 0 Å². The molecule has 0 radical (unpaired) electrons. The molecule has 2 aromatic rings. The summed E-state index contributed by atoms with van der Waals surface area (Å²) in [6, 6.07) is 8.01. The van der Waals surface area contributed by atoms with Crippen molar-refractivity contribution < 1.29 is 4.42 Å². The van der Waals surface area contributed by atoms with Crippen LogP contribution in [0.15, 0.2) is 33.7 Å². The highest BCUT2D eigenvalue weighted by Crippen LogP contribution is 2.25. The molecule has 2 rings (SSSR count). The molecule has 0 atom stereocenters. The van der Waals surface area contributed by atoms with Gasteiger partial charge in [0.15, 0.2) is 5.96 Å². The maximum absolute atomic E-state index is 5.80. The van der Waals surface area contributed by atoms with Crippen LogP contribution in [0.1, 0.15) is 31.1 Å². The number of nitrogens with zero attached hydrogens (tertiary/aromatic N) is 1. The Morgan fingerprint density at radius 3 is 2.89 bits per heavy atom. The van der Waals surface area contributed by atoms with Crippen molar-refractivity contribution in [2.75, 3.05) is 6.54 Å². The van der Waals surface area contributed by atoms with E-state index in [-0.39, 0.29) is 0 Å². The van der Waals surface area contributed by atoms with Crippen LogP contribution >= 0.6 is 0 Å². The number of aliphatic imine (C=N–C) groups is 1. The summed E-state index contributed by atoms with van der Waals surface area (Å²) in [5.41, 5.74) is 7.85. The minimum atomic E-state index is 0.478. The Morgan fingerprint density at radius 1 is 1.37 bits per heavy atom. The van der Waals surface area contributed by atoms with Crippen molar-refractivity contribution in [3.8, 4) is 0 Å². The molecule has 1 heterocycles. The van der Waals surface area contributed by atoms with Crippen LogP contribution in [0.2, 0.25) is 0 Å². The van der Waals surface area contributed by atoms with Gasteiger partial charge in [0, 0.05) is 17.5 Å². The molecule has 4 nitrogen and oxygen atoms in total. The minimum absolute atomic E-state index is 0.478. The van der Waals surface area contributed by atoms with E-state index >= 15 is 0 Å². The highest BCUT2D eigenvalue weighted by atomic mass is 16.3. The van der Waals surface area contributed by atoms with Crippen molar-refractivity contribution in [1.82, 2.24) is 5.32 Å².